The van der Waals surface area contributed by atoms with Crippen molar-refractivity contribution in [1.29, 1.82) is 0 Å². The van der Waals surface area contributed by atoms with Crippen molar-refractivity contribution in [2.75, 3.05) is 32.8 Å². The van der Waals surface area contributed by atoms with Crippen LogP contribution in [0.25, 0.3) is 0 Å². The second kappa shape index (κ2) is 6.81. The topological polar surface area (TPSA) is 111 Å². The fraction of sp³-hybridized carbons (Fsp3) is 0.833. The number of nitrogens with two attached hydrogens (primary N) is 1. The molecular weight excluding hydrogens is 338 g/mol. The molecule has 2 unspecified atom stereocenters. The van der Waals surface area contributed by atoms with Gasteiger partial charge in [0.15, 0.2) is 0 Å². The molecule has 0 aromatic rings. The SMILES string of the molecule is NC(=O)CCNC(=O)C1COCCC12CN(C(=O)C1C[C@H]3CC[C@H]1O3)C2. The highest BCUT2D eigenvalue weighted by Gasteiger charge is 2.56. The van der Waals surface area contributed by atoms with Gasteiger partial charge < -0.3 is 25.4 Å². The molecule has 4 heterocycles. The third kappa shape index (κ3) is 3.09. The van der Waals surface area contributed by atoms with Gasteiger partial charge in [-0.25, -0.2) is 0 Å². The van der Waals surface area contributed by atoms with Crippen molar-refractivity contribution in [1.82, 2.24) is 10.2 Å². The summed E-state index contributed by atoms with van der Waals surface area (Å²) in [4.78, 5) is 38.1. The van der Waals surface area contributed by atoms with Crippen molar-refractivity contribution in [3.05, 3.63) is 0 Å². The summed E-state index contributed by atoms with van der Waals surface area (Å²) in [5.74, 6) is -0.657. The molecular formula is C18H27N3O5. The Morgan fingerprint density at radius 3 is 2.69 bits per heavy atom. The first-order valence-corrected chi connectivity index (χ1v) is 9.56. The minimum Gasteiger partial charge on any atom is -0.381 e. The van der Waals surface area contributed by atoms with Crippen LogP contribution in [0.2, 0.25) is 0 Å². The van der Waals surface area contributed by atoms with Crippen molar-refractivity contribution in [3.8, 4) is 0 Å². The van der Waals surface area contributed by atoms with Crippen molar-refractivity contribution in [2.45, 2.75) is 44.3 Å². The summed E-state index contributed by atoms with van der Waals surface area (Å²) in [5.41, 5.74) is 4.91. The molecule has 4 aliphatic rings. The molecule has 3 N–H and O–H groups in total. The van der Waals surface area contributed by atoms with Gasteiger partial charge in [-0.05, 0) is 25.7 Å². The average Bonchev–Trinajstić information content (AvgIpc) is 3.21. The van der Waals surface area contributed by atoms with E-state index in [2.05, 4.69) is 5.32 Å². The van der Waals surface area contributed by atoms with E-state index >= 15 is 0 Å². The molecule has 0 aliphatic carbocycles. The second-order valence-electron chi connectivity index (χ2n) is 8.16. The fourth-order valence-corrected chi connectivity index (χ4v) is 4.99. The molecule has 0 aromatic carbocycles. The monoisotopic (exact) mass is 365 g/mol. The lowest BCUT2D eigenvalue weighted by Gasteiger charge is -2.56. The van der Waals surface area contributed by atoms with Gasteiger partial charge in [-0.3, -0.25) is 14.4 Å². The van der Waals surface area contributed by atoms with E-state index < -0.39 is 5.91 Å². The maximum atomic E-state index is 12.8. The first kappa shape index (κ1) is 17.7. The number of amides is 3. The summed E-state index contributed by atoms with van der Waals surface area (Å²) >= 11 is 0. The van der Waals surface area contributed by atoms with E-state index in [0.29, 0.717) is 26.3 Å². The number of carbonyl (C=O) groups is 3. The fourth-order valence-electron chi connectivity index (χ4n) is 4.99. The number of nitrogens with zero attached hydrogens (tertiary/aromatic N) is 1. The summed E-state index contributed by atoms with van der Waals surface area (Å²) in [6.45, 7) is 2.44. The lowest BCUT2D eigenvalue weighted by Crippen LogP contribution is -2.67. The summed E-state index contributed by atoms with van der Waals surface area (Å²) in [6.07, 6.45) is 4.15. The minimum atomic E-state index is -0.437. The maximum absolute atomic E-state index is 12.8. The zero-order valence-electron chi connectivity index (χ0n) is 14.9. The van der Waals surface area contributed by atoms with Crippen molar-refractivity contribution in [2.24, 2.45) is 23.0 Å². The molecule has 4 atom stereocenters. The molecule has 0 aromatic heterocycles. The standard InChI is InChI=1S/C18H27N3O5/c19-15(22)3-5-20-16(23)13-8-25-6-4-18(13)9-21(10-18)17(24)12-7-11-1-2-14(12)26-11/h11-14H,1-10H2,(H2,19,22)(H,20,23)/t11-,12?,13?,14-/m1/s1. The van der Waals surface area contributed by atoms with E-state index in [1.807, 2.05) is 4.90 Å². The molecule has 4 fully saturated rings. The third-order valence-corrected chi connectivity index (χ3v) is 6.50. The van der Waals surface area contributed by atoms with E-state index in [0.717, 1.165) is 25.7 Å². The largest absolute Gasteiger partial charge is 0.381 e. The van der Waals surface area contributed by atoms with Crippen molar-refractivity contribution in [3.63, 3.8) is 0 Å². The van der Waals surface area contributed by atoms with Gasteiger partial charge in [0.05, 0.1) is 30.7 Å². The molecule has 26 heavy (non-hydrogen) atoms. The van der Waals surface area contributed by atoms with Crippen LogP contribution in [0.5, 0.6) is 0 Å². The predicted octanol–water partition coefficient (Wildman–Crippen LogP) is -0.589. The predicted molar refractivity (Wildman–Crippen MR) is 90.8 cm³/mol. The Hall–Kier alpha value is -1.67. The summed E-state index contributed by atoms with van der Waals surface area (Å²) < 4.78 is 11.3. The van der Waals surface area contributed by atoms with Crippen molar-refractivity contribution < 1.29 is 23.9 Å². The molecule has 144 valence electrons. The van der Waals surface area contributed by atoms with Crippen LogP contribution >= 0.6 is 0 Å². The van der Waals surface area contributed by atoms with E-state index in [9.17, 15) is 14.4 Å². The molecule has 3 amide bonds. The van der Waals surface area contributed by atoms with Crippen LogP contribution in [-0.4, -0.2) is 67.7 Å². The molecule has 4 aliphatic heterocycles. The van der Waals surface area contributed by atoms with Crippen LogP contribution in [0.4, 0.5) is 0 Å². The molecule has 0 saturated carbocycles. The first-order valence-electron chi connectivity index (χ1n) is 9.56. The number of hydrogen-bond donors (Lipinski definition) is 2. The summed E-state index contributed by atoms with van der Waals surface area (Å²) in [7, 11) is 0. The Bertz CT molecular complexity index is 604. The number of likely N-dealkylation sites (tertiary alicyclic amines) is 1. The Labute approximate surface area is 152 Å². The van der Waals surface area contributed by atoms with Gasteiger partial charge in [-0.15, -0.1) is 0 Å². The normalized spacial score (nSPS) is 34.5. The van der Waals surface area contributed by atoms with E-state index in [-0.39, 0.29) is 54.2 Å². The molecule has 2 bridgehead atoms. The highest BCUT2D eigenvalue weighted by atomic mass is 16.5. The van der Waals surface area contributed by atoms with Crippen LogP contribution in [0.3, 0.4) is 0 Å². The number of nitrogens with one attached hydrogen (secondary N) is 1. The van der Waals surface area contributed by atoms with Gasteiger partial charge in [0.1, 0.15) is 0 Å². The van der Waals surface area contributed by atoms with Crippen molar-refractivity contribution >= 4 is 17.7 Å². The van der Waals surface area contributed by atoms with Gasteiger partial charge in [-0.2, -0.15) is 0 Å². The molecule has 0 radical (unpaired) electrons. The Balaban J connectivity index is 1.34. The Morgan fingerprint density at radius 2 is 2.04 bits per heavy atom. The molecule has 1 spiro atoms. The number of carbonyl (C=O) groups excluding carboxylic acids is 3. The Morgan fingerprint density at radius 1 is 1.23 bits per heavy atom. The van der Waals surface area contributed by atoms with Crippen LogP contribution in [0.1, 0.15) is 32.1 Å². The van der Waals surface area contributed by atoms with E-state index in [1.54, 1.807) is 0 Å². The number of fused-ring (bicyclic) bond motifs is 2. The van der Waals surface area contributed by atoms with E-state index in [1.165, 1.54) is 0 Å². The quantitative estimate of drug-likeness (QED) is 0.677. The molecule has 4 saturated heterocycles. The number of ether oxygens (including phenoxy) is 2. The average molecular weight is 365 g/mol. The van der Waals surface area contributed by atoms with Gasteiger partial charge >= 0.3 is 0 Å². The number of rotatable bonds is 5. The zero-order chi connectivity index (χ0) is 18.3. The first-order chi connectivity index (χ1) is 12.5. The maximum Gasteiger partial charge on any atom is 0.228 e. The van der Waals surface area contributed by atoms with Gasteiger partial charge in [0, 0.05) is 38.1 Å². The van der Waals surface area contributed by atoms with Gasteiger partial charge in [0.25, 0.3) is 0 Å². The van der Waals surface area contributed by atoms with Crippen LogP contribution < -0.4 is 11.1 Å². The highest BCUT2D eigenvalue weighted by molar-refractivity contribution is 5.84. The smallest absolute Gasteiger partial charge is 0.228 e. The van der Waals surface area contributed by atoms with E-state index in [4.69, 9.17) is 15.2 Å². The van der Waals surface area contributed by atoms with Crippen LogP contribution in [-0.2, 0) is 23.9 Å². The van der Waals surface area contributed by atoms with Gasteiger partial charge in [-0.1, -0.05) is 0 Å². The minimum absolute atomic E-state index is 0.00576. The highest BCUT2D eigenvalue weighted by Crippen LogP contribution is 2.47. The molecule has 8 nitrogen and oxygen atoms in total. The summed E-state index contributed by atoms with van der Waals surface area (Å²) in [6, 6.07) is 0. The van der Waals surface area contributed by atoms with Crippen LogP contribution in [0.15, 0.2) is 0 Å². The van der Waals surface area contributed by atoms with Gasteiger partial charge in [0.2, 0.25) is 17.7 Å². The van der Waals surface area contributed by atoms with Crippen LogP contribution in [0, 0.1) is 17.3 Å². The lowest BCUT2D eigenvalue weighted by atomic mass is 9.65. The number of hydrogen-bond acceptors (Lipinski definition) is 5. The molecule has 8 heteroatoms. The molecule has 4 rings (SSSR count). The second-order valence-corrected chi connectivity index (χ2v) is 8.16. The zero-order valence-corrected chi connectivity index (χ0v) is 14.9. The number of primary amides is 1. The lowest BCUT2D eigenvalue weighted by molar-refractivity contribution is -0.172. The Kier molecular flexibility index (Phi) is 4.64. The summed E-state index contributed by atoms with van der Waals surface area (Å²) in [5, 5.41) is 2.79. The third-order valence-electron chi connectivity index (χ3n) is 6.50.